The second-order valence-electron chi connectivity index (χ2n) is 6.33. The van der Waals surface area contributed by atoms with Crippen molar-refractivity contribution in [3.8, 4) is 0 Å². The minimum Gasteiger partial charge on any atom is -0.377 e. The van der Waals surface area contributed by atoms with Crippen LogP contribution in [0.1, 0.15) is 30.3 Å². The van der Waals surface area contributed by atoms with Crippen LogP contribution in [0.2, 0.25) is 0 Å². The van der Waals surface area contributed by atoms with Gasteiger partial charge in [-0.25, -0.2) is 19.9 Å². The van der Waals surface area contributed by atoms with Crippen LogP contribution in [0.25, 0.3) is 10.9 Å². The molecule has 1 atom stereocenters. The molecule has 6 heteroatoms. The molecule has 1 aliphatic heterocycles. The number of methoxy groups -OCH3 is 1. The zero-order chi connectivity index (χ0) is 17.1. The van der Waals surface area contributed by atoms with Gasteiger partial charge in [-0.3, -0.25) is 0 Å². The fraction of sp³-hybridized carbons (Fsp3) is 0.368. The van der Waals surface area contributed by atoms with E-state index in [4.69, 9.17) is 4.74 Å². The van der Waals surface area contributed by atoms with Crippen molar-refractivity contribution in [2.24, 2.45) is 0 Å². The third kappa shape index (κ3) is 3.30. The average Bonchev–Trinajstić information content (AvgIpc) is 2.68. The van der Waals surface area contributed by atoms with Crippen LogP contribution in [0, 0.1) is 0 Å². The van der Waals surface area contributed by atoms with Crippen molar-refractivity contribution < 1.29 is 4.74 Å². The fourth-order valence-corrected chi connectivity index (χ4v) is 3.49. The van der Waals surface area contributed by atoms with E-state index < -0.39 is 0 Å². The Labute approximate surface area is 146 Å². The first kappa shape index (κ1) is 15.9. The highest BCUT2D eigenvalue weighted by Crippen LogP contribution is 2.31. The predicted molar refractivity (Wildman–Crippen MR) is 96.5 cm³/mol. The smallest absolute Gasteiger partial charge is 0.154 e. The number of rotatable bonds is 4. The molecule has 25 heavy (non-hydrogen) atoms. The van der Waals surface area contributed by atoms with Gasteiger partial charge in [0, 0.05) is 43.4 Å². The molecule has 0 radical (unpaired) electrons. The van der Waals surface area contributed by atoms with Gasteiger partial charge >= 0.3 is 0 Å². The molecule has 6 nitrogen and oxygen atoms in total. The first-order valence-electron chi connectivity index (χ1n) is 8.60. The average molecular weight is 335 g/mol. The lowest BCUT2D eigenvalue weighted by molar-refractivity contribution is 0.177. The molecule has 128 valence electrons. The molecule has 0 unspecified atom stereocenters. The van der Waals surface area contributed by atoms with E-state index in [1.807, 2.05) is 30.5 Å². The van der Waals surface area contributed by atoms with Crippen LogP contribution in [0.5, 0.6) is 0 Å². The van der Waals surface area contributed by atoms with Crippen LogP contribution >= 0.6 is 0 Å². The summed E-state index contributed by atoms with van der Waals surface area (Å²) in [5.41, 5.74) is 2.07. The van der Waals surface area contributed by atoms with Crippen molar-refractivity contribution in [3.05, 3.63) is 54.4 Å². The summed E-state index contributed by atoms with van der Waals surface area (Å²) in [5, 5.41) is 1.11. The maximum absolute atomic E-state index is 5.16. The van der Waals surface area contributed by atoms with Crippen LogP contribution in [0.4, 0.5) is 5.82 Å². The summed E-state index contributed by atoms with van der Waals surface area (Å²) in [4.78, 5) is 20.3. The normalized spacial score (nSPS) is 17.8. The molecule has 1 aromatic carbocycles. The van der Waals surface area contributed by atoms with E-state index in [-0.39, 0.29) is 0 Å². The molecule has 0 N–H and O–H groups in total. The number of hydrogen-bond acceptors (Lipinski definition) is 6. The number of para-hydroxylation sites is 1. The maximum atomic E-state index is 5.16. The Morgan fingerprint density at radius 2 is 2.08 bits per heavy atom. The summed E-state index contributed by atoms with van der Waals surface area (Å²) in [6.07, 6.45) is 5.73. The predicted octanol–water partition coefficient (Wildman–Crippen LogP) is 2.95. The van der Waals surface area contributed by atoms with Gasteiger partial charge in [0.1, 0.15) is 18.8 Å². The van der Waals surface area contributed by atoms with Crippen LogP contribution in [0.15, 0.2) is 42.9 Å². The first-order chi connectivity index (χ1) is 12.3. The highest BCUT2D eigenvalue weighted by Gasteiger charge is 2.24. The number of anilines is 1. The Kier molecular flexibility index (Phi) is 4.52. The Morgan fingerprint density at radius 3 is 3.00 bits per heavy atom. The molecular formula is C19H21N5O. The number of benzene rings is 1. The quantitative estimate of drug-likeness (QED) is 0.730. The molecule has 3 aromatic rings. The van der Waals surface area contributed by atoms with Crippen molar-refractivity contribution in [2.45, 2.75) is 25.4 Å². The summed E-state index contributed by atoms with van der Waals surface area (Å²) in [6.45, 7) is 2.36. The number of piperidine rings is 1. The van der Waals surface area contributed by atoms with Gasteiger partial charge < -0.3 is 9.64 Å². The van der Waals surface area contributed by atoms with Gasteiger partial charge in [0.2, 0.25) is 0 Å². The zero-order valence-electron chi connectivity index (χ0n) is 14.3. The molecule has 0 saturated carbocycles. The summed E-state index contributed by atoms with van der Waals surface area (Å²) in [7, 11) is 1.67. The lowest BCUT2D eigenvalue weighted by atomic mass is 9.94. The van der Waals surface area contributed by atoms with E-state index >= 15 is 0 Å². The van der Waals surface area contributed by atoms with Gasteiger partial charge in [0.05, 0.1) is 5.52 Å². The number of aromatic nitrogens is 4. The van der Waals surface area contributed by atoms with Gasteiger partial charge in [-0.15, -0.1) is 0 Å². The monoisotopic (exact) mass is 335 g/mol. The van der Waals surface area contributed by atoms with Gasteiger partial charge in [0.15, 0.2) is 5.82 Å². The summed E-state index contributed by atoms with van der Waals surface area (Å²) < 4.78 is 5.16. The Balaban J connectivity index is 1.61. The second kappa shape index (κ2) is 7.11. The highest BCUT2D eigenvalue weighted by molar-refractivity contribution is 5.89. The van der Waals surface area contributed by atoms with Gasteiger partial charge in [-0.2, -0.15) is 0 Å². The lowest BCUT2D eigenvalue weighted by Crippen LogP contribution is -2.35. The first-order valence-corrected chi connectivity index (χ1v) is 8.60. The number of hydrogen-bond donors (Lipinski definition) is 0. The molecule has 4 rings (SSSR count). The van der Waals surface area contributed by atoms with Crippen LogP contribution in [-0.2, 0) is 11.3 Å². The largest absolute Gasteiger partial charge is 0.377 e. The molecular weight excluding hydrogens is 314 g/mol. The van der Waals surface area contributed by atoms with E-state index in [2.05, 4.69) is 30.9 Å². The van der Waals surface area contributed by atoms with Crippen LogP contribution in [0.3, 0.4) is 0 Å². The SMILES string of the molecule is COCc1nccc([C@@H]2CCCN(c3ncnc4ccccc34)C2)n1. The molecule has 1 saturated heterocycles. The Morgan fingerprint density at radius 1 is 1.16 bits per heavy atom. The third-order valence-corrected chi connectivity index (χ3v) is 4.66. The summed E-state index contributed by atoms with van der Waals surface area (Å²) >= 11 is 0. The van der Waals surface area contributed by atoms with Gasteiger partial charge in [0.25, 0.3) is 0 Å². The van der Waals surface area contributed by atoms with Crippen molar-refractivity contribution >= 4 is 16.7 Å². The standard InChI is InChI=1S/C19H21N5O/c1-25-12-18-20-9-8-16(23-18)14-5-4-10-24(11-14)19-15-6-2-3-7-17(15)21-13-22-19/h2-3,6-9,13-14H,4-5,10-12H2,1H3/t14-/m1/s1. The van der Waals surface area contributed by atoms with Gasteiger partial charge in [-0.1, -0.05) is 12.1 Å². The van der Waals surface area contributed by atoms with Crippen molar-refractivity contribution in [1.29, 1.82) is 0 Å². The summed E-state index contributed by atoms with van der Waals surface area (Å²) in [5.74, 6) is 2.13. The minimum absolute atomic E-state index is 0.376. The van der Waals surface area contributed by atoms with E-state index in [0.717, 1.165) is 54.2 Å². The van der Waals surface area contributed by atoms with Gasteiger partial charge in [-0.05, 0) is 31.0 Å². The Hall–Kier alpha value is -2.60. The Bertz CT molecular complexity index is 864. The topological polar surface area (TPSA) is 64.0 Å². The number of ether oxygens (including phenoxy) is 1. The third-order valence-electron chi connectivity index (χ3n) is 4.66. The fourth-order valence-electron chi connectivity index (χ4n) is 3.49. The van der Waals surface area contributed by atoms with E-state index in [1.165, 1.54) is 0 Å². The molecule has 1 fully saturated rings. The molecule has 0 aliphatic carbocycles. The molecule has 3 heterocycles. The highest BCUT2D eigenvalue weighted by atomic mass is 16.5. The zero-order valence-corrected chi connectivity index (χ0v) is 14.3. The number of fused-ring (bicyclic) bond motifs is 1. The molecule has 0 amide bonds. The van der Waals surface area contributed by atoms with Crippen LogP contribution < -0.4 is 4.90 Å². The van der Waals surface area contributed by atoms with E-state index in [9.17, 15) is 0 Å². The molecule has 1 aliphatic rings. The summed E-state index contributed by atoms with van der Waals surface area (Å²) in [6, 6.07) is 10.2. The maximum Gasteiger partial charge on any atom is 0.154 e. The molecule has 0 spiro atoms. The second-order valence-corrected chi connectivity index (χ2v) is 6.33. The van der Waals surface area contributed by atoms with E-state index in [0.29, 0.717) is 12.5 Å². The van der Waals surface area contributed by atoms with E-state index in [1.54, 1.807) is 13.4 Å². The van der Waals surface area contributed by atoms with Crippen molar-refractivity contribution in [2.75, 3.05) is 25.1 Å². The molecule has 0 bridgehead atoms. The van der Waals surface area contributed by atoms with Crippen molar-refractivity contribution in [1.82, 2.24) is 19.9 Å². The van der Waals surface area contributed by atoms with Crippen molar-refractivity contribution in [3.63, 3.8) is 0 Å². The molecule has 2 aromatic heterocycles. The minimum atomic E-state index is 0.376. The van der Waals surface area contributed by atoms with Crippen LogP contribution in [-0.4, -0.2) is 40.1 Å². The number of nitrogens with zero attached hydrogens (tertiary/aromatic N) is 5. The lowest BCUT2D eigenvalue weighted by Gasteiger charge is -2.33.